The molecule has 1 aromatic rings. The first-order chi connectivity index (χ1) is 7.75. The predicted octanol–water partition coefficient (Wildman–Crippen LogP) is 1.31. The monoisotopic (exact) mass is 220 g/mol. The minimum atomic E-state index is -0.0525. The third-order valence-electron chi connectivity index (χ3n) is 2.53. The van der Waals surface area contributed by atoms with Crippen molar-refractivity contribution >= 4 is 11.6 Å². The van der Waals surface area contributed by atoms with E-state index in [1.807, 2.05) is 24.3 Å². The molecule has 1 heterocycles. The number of hydrogen-bond acceptors (Lipinski definition) is 3. The van der Waals surface area contributed by atoms with Crippen LogP contribution in [0.25, 0.3) is 0 Å². The summed E-state index contributed by atoms with van der Waals surface area (Å²) in [4.78, 5) is 10.9. The Labute approximate surface area is 95.0 Å². The fourth-order valence-corrected chi connectivity index (χ4v) is 1.76. The molecule has 0 radical (unpaired) electrons. The first-order valence-electron chi connectivity index (χ1n) is 5.45. The van der Waals surface area contributed by atoms with Gasteiger partial charge < -0.3 is 15.4 Å². The Hall–Kier alpha value is -1.39. The van der Waals surface area contributed by atoms with Crippen molar-refractivity contribution in [3.63, 3.8) is 0 Å². The van der Waals surface area contributed by atoms with Crippen molar-refractivity contribution < 1.29 is 9.53 Å². The third kappa shape index (κ3) is 2.81. The van der Waals surface area contributed by atoms with Gasteiger partial charge in [0.15, 0.2) is 0 Å². The normalized spacial score (nSPS) is 20.4. The number of amides is 1. The quantitative estimate of drug-likeness (QED) is 0.790. The van der Waals surface area contributed by atoms with Gasteiger partial charge in [-0.2, -0.15) is 0 Å². The average molecular weight is 220 g/mol. The van der Waals surface area contributed by atoms with Gasteiger partial charge in [-0.3, -0.25) is 4.79 Å². The highest BCUT2D eigenvalue weighted by atomic mass is 16.5. The van der Waals surface area contributed by atoms with Crippen molar-refractivity contribution in [2.24, 2.45) is 0 Å². The molecule has 2 N–H and O–H groups in total. The molecule has 1 saturated heterocycles. The highest BCUT2D eigenvalue weighted by Crippen LogP contribution is 2.20. The topological polar surface area (TPSA) is 50.4 Å². The highest BCUT2D eigenvalue weighted by molar-refractivity contribution is 5.88. The first-order valence-corrected chi connectivity index (χ1v) is 5.45. The molecule has 0 aliphatic carbocycles. The lowest BCUT2D eigenvalue weighted by atomic mass is 10.1. The van der Waals surface area contributed by atoms with Crippen LogP contribution in [0.1, 0.15) is 18.6 Å². The summed E-state index contributed by atoms with van der Waals surface area (Å²) in [7, 11) is 0. The van der Waals surface area contributed by atoms with Crippen molar-refractivity contribution in [2.75, 3.05) is 25.0 Å². The van der Waals surface area contributed by atoms with Gasteiger partial charge in [-0.05, 0) is 17.7 Å². The highest BCUT2D eigenvalue weighted by Gasteiger charge is 2.14. The van der Waals surface area contributed by atoms with Gasteiger partial charge >= 0.3 is 0 Å². The van der Waals surface area contributed by atoms with Crippen LogP contribution in [0.5, 0.6) is 0 Å². The number of hydrogen-bond donors (Lipinski definition) is 2. The number of carbonyl (C=O) groups excluding carboxylic acids is 1. The fraction of sp³-hybridized carbons (Fsp3) is 0.417. The molecule has 4 heteroatoms. The van der Waals surface area contributed by atoms with E-state index in [9.17, 15) is 4.79 Å². The van der Waals surface area contributed by atoms with Crippen LogP contribution in [0.15, 0.2) is 24.3 Å². The third-order valence-corrected chi connectivity index (χ3v) is 2.53. The number of morpholine rings is 1. The zero-order valence-corrected chi connectivity index (χ0v) is 9.32. The summed E-state index contributed by atoms with van der Waals surface area (Å²) in [6.07, 6.45) is 0.125. The van der Waals surface area contributed by atoms with E-state index in [0.717, 1.165) is 30.9 Å². The van der Waals surface area contributed by atoms with Crippen LogP contribution in [-0.2, 0) is 9.53 Å². The molecule has 1 aliphatic rings. The van der Waals surface area contributed by atoms with Gasteiger partial charge in [-0.25, -0.2) is 0 Å². The Morgan fingerprint density at radius 3 is 2.75 bits per heavy atom. The predicted molar refractivity (Wildman–Crippen MR) is 62.3 cm³/mol. The molecule has 0 aromatic heterocycles. The van der Waals surface area contributed by atoms with Gasteiger partial charge in [0.2, 0.25) is 5.91 Å². The standard InChI is InChI=1S/C12H16N2O2/c1-9(15)14-11-4-2-10(3-5-11)12-8-13-6-7-16-12/h2-5,12-13H,6-8H2,1H3,(H,14,15). The summed E-state index contributed by atoms with van der Waals surface area (Å²) in [5, 5.41) is 6.02. The van der Waals surface area contributed by atoms with Crippen LogP contribution in [0.4, 0.5) is 5.69 Å². The van der Waals surface area contributed by atoms with E-state index in [1.165, 1.54) is 6.92 Å². The summed E-state index contributed by atoms with van der Waals surface area (Å²) >= 11 is 0. The van der Waals surface area contributed by atoms with Gasteiger partial charge in [0.1, 0.15) is 0 Å². The summed E-state index contributed by atoms with van der Waals surface area (Å²) < 4.78 is 5.64. The molecule has 1 atom stereocenters. The van der Waals surface area contributed by atoms with Gasteiger partial charge in [0.25, 0.3) is 0 Å². The molecule has 0 saturated carbocycles. The van der Waals surface area contributed by atoms with Crippen LogP contribution < -0.4 is 10.6 Å². The second kappa shape index (κ2) is 5.09. The summed E-state index contributed by atoms with van der Waals surface area (Å²) in [6.45, 7) is 4.01. The zero-order valence-electron chi connectivity index (χ0n) is 9.32. The van der Waals surface area contributed by atoms with E-state index in [0.29, 0.717) is 0 Å². The van der Waals surface area contributed by atoms with Gasteiger partial charge in [-0.15, -0.1) is 0 Å². The van der Waals surface area contributed by atoms with Crippen molar-refractivity contribution in [1.29, 1.82) is 0 Å². The minimum absolute atomic E-state index is 0.0525. The second-order valence-electron chi connectivity index (χ2n) is 3.87. The van der Waals surface area contributed by atoms with Crippen molar-refractivity contribution in [1.82, 2.24) is 5.32 Å². The van der Waals surface area contributed by atoms with Crippen molar-refractivity contribution in [2.45, 2.75) is 13.0 Å². The van der Waals surface area contributed by atoms with Crippen LogP contribution >= 0.6 is 0 Å². The number of rotatable bonds is 2. The van der Waals surface area contributed by atoms with E-state index in [4.69, 9.17) is 4.74 Å². The molecule has 0 spiro atoms. The molecule has 1 aliphatic heterocycles. The minimum Gasteiger partial charge on any atom is -0.371 e. The number of nitrogens with one attached hydrogen (secondary N) is 2. The van der Waals surface area contributed by atoms with Crippen molar-refractivity contribution in [3.05, 3.63) is 29.8 Å². The van der Waals surface area contributed by atoms with Crippen LogP contribution in [0.3, 0.4) is 0 Å². The smallest absolute Gasteiger partial charge is 0.221 e. The lowest BCUT2D eigenvalue weighted by Gasteiger charge is -2.24. The Balaban J connectivity index is 2.03. The average Bonchev–Trinajstić information content (AvgIpc) is 2.30. The maximum atomic E-state index is 10.9. The summed E-state index contributed by atoms with van der Waals surface area (Å²) in [6, 6.07) is 7.77. The largest absolute Gasteiger partial charge is 0.371 e. The molecule has 1 fully saturated rings. The van der Waals surface area contributed by atoms with Crippen LogP contribution in [0.2, 0.25) is 0 Å². The Morgan fingerprint density at radius 2 is 2.19 bits per heavy atom. The van der Waals surface area contributed by atoms with E-state index >= 15 is 0 Å². The molecule has 0 bridgehead atoms. The maximum absolute atomic E-state index is 10.9. The number of ether oxygens (including phenoxy) is 1. The number of carbonyl (C=O) groups is 1. The lowest BCUT2D eigenvalue weighted by Crippen LogP contribution is -2.33. The second-order valence-corrected chi connectivity index (χ2v) is 3.87. The van der Waals surface area contributed by atoms with E-state index in [-0.39, 0.29) is 12.0 Å². The van der Waals surface area contributed by atoms with E-state index in [2.05, 4.69) is 10.6 Å². The van der Waals surface area contributed by atoms with E-state index < -0.39 is 0 Å². The van der Waals surface area contributed by atoms with Gasteiger partial charge in [0, 0.05) is 25.7 Å². The molecular weight excluding hydrogens is 204 g/mol. The van der Waals surface area contributed by atoms with E-state index in [1.54, 1.807) is 0 Å². The molecule has 16 heavy (non-hydrogen) atoms. The van der Waals surface area contributed by atoms with Gasteiger partial charge in [-0.1, -0.05) is 12.1 Å². The molecule has 1 amide bonds. The van der Waals surface area contributed by atoms with Crippen molar-refractivity contribution in [3.8, 4) is 0 Å². The molecule has 1 unspecified atom stereocenters. The fourth-order valence-electron chi connectivity index (χ4n) is 1.76. The zero-order chi connectivity index (χ0) is 11.4. The molecule has 2 rings (SSSR count). The molecule has 86 valence electrons. The number of benzene rings is 1. The van der Waals surface area contributed by atoms with Crippen LogP contribution in [-0.4, -0.2) is 25.6 Å². The summed E-state index contributed by atoms with van der Waals surface area (Å²) in [5.74, 6) is -0.0525. The first kappa shape index (κ1) is 11.1. The molecule has 4 nitrogen and oxygen atoms in total. The maximum Gasteiger partial charge on any atom is 0.221 e. The lowest BCUT2D eigenvalue weighted by molar-refractivity contribution is -0.114. The Bertz CT molecular complexity index is 356. The molecular formula is C12H16N2O2. The van der Waals surface area contributed by atoms with Crippen LogP contribution in [0, 0.1) is 0 Å². The number of anilines is 1. The molecule has 1 aromatic carbocycles. The summed E-state index contributed by atoms with van der Waals surface area (Å²) in [5.41, 5.74) is 1.96. The Morgan fingerprint density at radius 1 is 1.44 bits per heavy atom. The Kier molecular flexibility index (Phi) is 3.54. The van der Waals surface area contributed by atoms with Gasteiger partial charge in [0.05, 0.1) is 12.7 Å². The SMILES string of the molecule is CC(=O)Nc1ccc(C2CNCCO2)cc1.